The summed E-state index contributed by atoms with van der Waals surface area (Å²) in [4.78, 5) is 26.0. The number of nitro benzene ring substituents is 1. The second-order valence-electron chi connectivity index (χ2n) is 10.3. The second-order valence-corrected chi connectivity index (χ2v) is 12.1. The highest BCUT2D eigenvalue weighted by molar-refractivity contribution is 7.92. The van der Waals surface area contributed by atoms with Gasteiger partial charge in [-0.1, -0.05) is 50.1 Å². The van der Waals surface area contributed by atoms with Gasteiger partial charge in [0.15, 0.2) is 0 Å². The third kappa shape index (κ3) is 10.3. The number of hydrogen-bond donors (Lipinski definition) is 2. The minimum absolute atomic E-state index is 0.0106. The van der Waals surface area contributed by atoms with Gasteiger partial charge in [0.1, 0.15) is 6.61 Å². The number of anilines is 1. The molecule has 42 heavy (non-hydrogen) atoms. The summed E-state index contributed by atoms with van der Waals surface area (Å²) in [6.45, 7) is 5.93. The van der Waals surface area contributed by atoms with Gasteiger partial charge in [-0.25, -0.2) is 18.3 Å². The Bertz CT molecular complexity index is 1270. The lowest BCUT2D eigenvalue weighted by molar-refractivity contribution is -0.386. The number of ether oxygens (including phenoxy) is 2. The van der Waals surface area contributed by atoms with Crippen molar-refractivity contribution in [3.8, 4) is 0 Å². The largest absolute Gasteiger partial charge is 0.464 e. The molecule has 0 aliphatic carbocycles. The summed E-state index contributed by atoms with van der Waals surface area (Å²) in [7, 11) is -3.72. The molecule has 0 bridgehead atoms. The molecular formula is C29H42N4O8S. The Morgan fingerprint density at radius 3 is 2.45 bits per heavy atom. The molecule has 2 aromatic rings. The molecule has 12 nitrogen and oxygen atoms in total. The molecule has 13 heteroatoms. The number of aliphatic hydroxyl groups is 1. The van der Waals surface area contributed by atoms with E-state index in [2.05, 4.69) is 10.3 Å². The number of para-hydroxylation sites is 1. The van der Waals surface area contributed by atoms with E-state index in [-0.39, 0.29) is 38.1 Å². The van der Waals surface area contributed by atoms with Gasteiger partial charge in [0.05, 0.1) is 36.2 Å². The predicted molar refractivity (Wildman–Crippen MR) is 160 cm³/mol. The van der Waals surface area contributed by atoms with Crippen LogP contribution in [0.4, 0.5) is 11.4 Å². The van der Waals surface area contributed by atoms with Crippen molar-refractivity contribution in [2.24, 2.45) is 0 Å². The third-order valence-electron chi connectivity index (χ3n) is 7.08. The van der Waals surface area contributed by atoms with E-state index in [0.29, 0.717) is 48.6 Å². The van der Waals surface area contributed by atoms with Crippen LogP contribution in [0.1, 0.15) is 55.4 Å². The first-order valence-corrected chi connectivity index (χ1v) is 16.2. The van der Waals surface area contributed by atoms with Gasteiger partial charge in [-0.3, -0.25) is 19.8 Å². The first-order chi connectivity index (χ1) is 20.1. The molecule has 0 radical (unpaired) electrons. The van der Waals surface area contributed by atoms with Crippen LogP contribution in [0.2, 0.25) is 0 Å². The lowest BCUT2D eigenvalue weighted by atomic mass is 10.0. The molecule has 1 unspecified atom stereocenters. The van der Waals surface area contributed by atoms with E-state index in [1.165, 1.54) is 0 Å². The summed E-state index contributed by atoms with van der Waals surface area (Å²) in [5.74, 6) is -0.419. The Morgan fingerprint density at radius 2 is 1.83 bits per heavy atom. The summed E-state index contributed by atoms with van der Waals surface area (Å²) >= 11 is 0. The van der Waals surface area contributed by atoms with Crippen LogP contribution in [0.25, 0.3) is 0 Å². The molecule has 0 aromatic heterocycles. The van der Waals surface area contributed by atoms with Gasteiger partial charge >= 0.3 is 5.97 Å². The number of morpholine rings is 1. The molecular weight excluding hydrogens is 564 g/mol. The summed E-state index contributed by atoms with van der Waals surface area (Å²) < 4.78 is 36.7. The molecule has 232 valence electrons. The molecule has 1 heterocycles. The summed E-state index contributed by atoms with van der Waals surface area (Å²) in [6.07, 6.45) is 3.25. The quantitative estimate of drug-likeness (QED) is 0.156. The monoisotopic (exact) mass is 606 g/mol. The van der Waals surface area contributed by atoms with Crippen LogP contribution in [0.5, 0.6) is 0 Å². The van der Waals surface area contributed by atoms with Crippen LogP contribution in [0.15, 0.2) is 42.5 Å². The number of unbranched alkanes of at least 4 members (excludes halogenated alkanes) is 1. The van der Waals surface area contributed by atoms with E-state index in [1.54, 1.807) is 42.5 Å². The number of aryl methyl sites for hydroxylation is 1. The molecule has 1 atom stereocenters. The molecule has 1 aliphatic heterocycles. The maximum Gasteiger partial charge on any atom is 0.306 e. The highest BCUT2D eigenvalue weighted by Crippen LogP contribution is 2.26. The maximum atomic E-state index is 12.5. The standard InChI is InChI=1S/C29H42N4O8S/c1-3-4-8-27(34)23-9-12-26(13-10-23)32(42(2,38)39)30-16-15-25-7-5-6-24(29(25)33(36)37)11-14-28(35)41-22-19-31-17-20-40-21-18-31/h5-7,9-10,12-13,27,30,34H,3-4,8,11,14-22H2,1-2H3. The number of aliphatic hydroxyl groups excluding tert-OH is 1. The molecule has 1 fully saturated rings. The van der Waals surface area contributed by atoms with Crippen LogP contribution in [-0.4, -0.2) is 81.6 Å². The number of nitro groups is 1. The number of sulfonamides is 1. The molecule has 1 saturated heterocycles. The smallest absolute Gasteiger partial charge is 0.306 e. The number of carbonyl (C=O) groups excluding carboxylic acids is 1. The fraction of sp³-hybridized carbons (Fsp3) is 0.552. The van der Waals surface area contributed by atoms with E-state index < -0.39 is 27.0 Å². The molecule has 0 saturated carbocycles. The minimum atomic E-state index is -3.72. The van der Waals surface area contributed by atoms with Gasteiger partial charge in [0, 0.05) is 43.7 Å². The number of hydrogen-bond acceptors (Lipinski definition) is 10. The van der Waals surface area contributed by atoms with Gasteiger partial charge in [-0.2, -0.15) is 0 Å². The molecule has 3 rings (SSSR count). The Labute approximate surface area is 247 Å². The van der Waals surface area contributed by atoms with Crippen LogP contribution in [-0.2, 0) is 37.1 Å². The number of benzene rings is 2. The molecule has 2 aromatic carbocycles. The predicted octanol–water partition coefficient (Wildman–Crippen LogP) is 3.14. The Morgan fingerprint density at radius 1 is 1.17 bits per heavy atom. The average molecular weight is 607 g/mol. The van der Waals surface area contributed by atoms with Crippen molar-refractivity contribution in [2.45, 2.75) is 51.6 Å². The first kappa shape index (κ1) is 33.4. The van der Waals surface area contributed by atoms with E-state index in [1.807, 2.05) is 6.92 Å². The number of rotatable bonds is 17. The number of nitrogens with zero attached hydrogens (tertiary/aromatic N) is 3. The van der Waals surface area contributed by atoms with Gasteiger partial charge < -0.3 is 14.6 Å². The van der Waals surface area contributed by atoms with E-state index in [4.69, 9.17) is 9.47 Å². The first-order valence-electron chi connectivity index (χ1n) is 14.3. The van der Waals surface area contributed by atoms with Crippen LogP contribution in [0, 0.1) is 10.1 Å². The minimum Gasteiger partial charge on any atom is -0.464 e. The van der Waals surface area contributed by atoms with Crippen molar-refractivity contribution in [3.05, 3.63) is 69.3 Å². The van der Waals surface area contributed by atoms with Crippen molar-refractivity contribution in [3.63, 3.8) is 0 Å². The van der Waals surface area contributed by atoms with Crippen molar-refractivity contribution < 1.29 is 32.7 Å². The highest BCUT2D eigenvalue weighted by atomic mass is 32.2. The number of nitrogens with one attached hydrogen (secondary N) is 1. The zero-order chi connectivity index (χ0) is 30.5. The number of esters is 1. The van der Waals surface area contributed by atoms with E-state index in [9.17, 15) is 28.4 Å². The van der Waals surface area contributed by atoms with E-state index in [0.717, 1.165) is 36.6 Å². The Hall–Kier alpha value is -3.10. The number of hydrazine groups is 1. The maximum absolute atomic E-state index is 12.5. The lowest BCUT2D eigenvalue weighted by Gasteiger charge is -2.26. The Balaban J connectivity index is 1.59. The highest BCUT2D eigenvalue weighted by Gasteiger charge is 2.22. The lowest BCUT2D eigenvalue weighted by Crippen LogP contribution is -2.43. The normalized spacial score (nSPS) is 14.8. The fourth-order valence-corrected chi connectivity index (χ4v) is 5.62. The van der Waals surface area contributed by atoms with Gasteiger partial charge in [0.2, 0.25) is 10.0 Å². The summed E-state index contributed by atoms with van der Waals surface area (Å²) in [5, 5.41) is 22.3. The molecule has 1 aliphatic rings. The van der Waals surface area contributed by atoms with Gasteiger partial charge in [-0.15, -0.1) is 0 Å². The molecule has 2 N–H and O–H groups in total. The van der Waals surface area contributed by atoms with Gasteiger partial charge in [0.25, 0.3) is 5.69 Å². The SMILES string of the molecule is CCCCC(O)c1ccc(N(NCCc2cccc(CCC(=O)OCCN3CCOCC3)c2[N+](=O)[O-])S(C)(=O)=O)cc1. The van der Waals surface area contributed by atoms with Crippen LogP contribution < -0.4 is 9.84 Å². The van der Waals surface area contributed by atoms with Gasteiger partial charge in [-0.05, 0) is 37.0 Å². The zero-order valence-electron chi connectivity index (χ0n) is 24.4. The van der Waals surface area contributed by atoms with E-state index >= 15 is 0 Å². The molecule has 0 amide bonds. The topological polar surface area (TPSA) is 152 Å². The average Bonchev–Trinajstić information content (AvgIpc) is 2.97. The van der Waals surface area contributed by atoms with Crippen LogP contribution in [0.3, 0.4) is 0 Å². The van der Waals surface area contributed by atoms with Crippen molar-refractivity contribution in [2.75, 3.05) is 56.7 Å². The summed E-state index contributed by atoms with van der Waals surface area (Å²) in [6, 6.07) is 11.5. The Kier molecular flexibility index (Phi) is 13.1. The summed E-state index contributed by atoms with van der Waals surface area (Å²) in [5.41, 5.74) is 4.69. The van der Waals surface area contributed by atoms with Crippen molar-refractivity contribution >= 4 is 27.4 Å². The third-order valence-corrected chi connectivity index (χ3v) is 8.09. The fourth-order valence-electron chi connectivity index (χ4n) is 4.79. The zero-order valence-corrected chi connectivity index (χ0v) is 25.2. The van der Waals surface area contributed by atoms with Crippen LogP contribution >= 0.6 is 0 Å². The second kappa shape index (κ2) is 16.5. The van der Waals surface area contributed by atoms with Crippen molar-refractivity contribution in [1.29, 1.82) is 0 Å². The van der Waals surface area contributed by atoms with Crippen molar-refractivity contribution in [1.82, 2.24) is 10.3 Å². The number of carbonyl (C=O) groups is 1. The molecule has 0 spiro atoms.